The van der Waals surface area contributed by atoms with Gasteiger partial charge in [0.15, 0.2) is 0 Å². The van der Waals surface area contributed by atoms with Crippen LogP contribution in [0.15, 0.2) is 15.5 Å². The van der Waals surface area contributed by atoms with Crippen LogP contribution in [0.1, 0.15) is 22.3 Å². The van der Waals surface area contributed by atoms with Crippen LogP contribution in [0.2, 0.25) is 0 Å². The van der Waals surface area contributed by atoms with Crippen LogP contribution >= 0.6 is 15.9 Å². The van der Waals surface area contributed by atoms with Crippen molar-refractivity contribution >= 4 is 21.9 Å². The van der Waals surface area contributed by atoms with Gasteiger partial charge in [0.1, 0.15) is 0 Å². The molecule has 1 aromatic heterocycles. The third-order valence-corrected chi connectivity index (χ3v) is 2.32. The lowest BCUT2D eigenvalue weighted by atomic mass is 10.1. The van der Waals surface area contributed by atoms with Crippen molar-refractivity contribution in [1.82, 2.24) is 4.98 Å². The van der Waals surface area contributed by atoms with Gasteiger partial charge < -0.3 is 9.72 Å². The van der Waals surface area contributed by atoms with Crippen LogP contribution in [0.25, 0.3) is 0 Å². The zero-order chi connectivity index (χ0) is 11.6. The lowest BCUT2D eigenvalue weighted by molar-refractivity contribution is 0.0587. The topological polar surface area (TPSA) is 59.2 Å². The molecule has 0 spiro atoms. The lowest BCUT2D eigenvalue weighted by Crippen LogP contribution is -2.19. The predicted octanol–water partition coefficient (Wildman–Crippen LogP) is 1.86. The van der Waals surface area contributed by atoms with Crippen molar-refractivity contribution in [2.75, 3.05) is 7.11 Å². The molecule has 0 atom stereocenters. The van der Waals surface area contributed by atoms with Crippen molar-refractivity contribution in [3.63, 3.8) is 0 Å². The molecule has 0 saturated carbocycles. The fraction of sp³-hybridized carbons (Fsp3) is 0.250. The fourth-order valence-electron chi connectivity index (χ4n) is 1.04. The number of aromatic nitrogens is 1. The molecule has 15 heavy (non-hydrogen) atoms. The molecular formula is C8H6BrF2NO3. The first-order valence-corrected chi connectivity index (χ1v) is 4.56. The van der Waals surface area contributed by atoms with E-state index in [4.69, 9.17) is 0 Å². The van der Waals surface area contributed by atoms with Gasteiger partial charge >= 0.3 is 5.97 Å². The molecule has 0 amide bonds. The van der Waals surface area contributed by atoms with Gasteiger partial charge in [-0.15, -0.1) is 0 Å². The summed E-state index contributed by atoms with van der Waals surface area (Å²) in [6.45, 7) is 0. The Balaban J connectivity index is 3.52. The van der Waals surface area contributed by atoms with E-state index in [2.05, 4.69) is 25.7 Å². The first-order valence-electron chi connectivity index (χ1n) is 3.76. The summed E-state index contributed by atoms with van der Waals surface area (Å²) in [5, 5.41) is 0. The Labute approximate surface area is 91.4 Å². The minimum Gasteiger partial charge on any atom is -0.465 e. The van der Waals surface area contributed by atoms with Gasteiger partial charge in [0.2, 0.25) is 0 Å². The largest absolute Gasteiger partial charge is 0.465 e. The number of pyridine rings is 1. The van der Waals surface area contributed by atoms with Crippen molar-refractivity contribution in [2.24, 2.45) is 0 Å². The number of esters is 1. The van der Waals surface area contributed by atoms with Crippen molar-refractivity contribution in [3.05, 3.63) is 32.2 Å². The molecule has 0 unspecified atom stereocenters. The second-order valence-corrected chi connectivity index (χ2v) is 3.40. The van der Waals surface area contributed by atoms with E-state index in [0.29, 0.717) is 0 Å². The zero-order valence-corrected chi connectivity index (χ0v) is 9.10. The maximum Gasteiger partial charge on any atom is 0.339 e. The van der Waals surface area contributed by atoms with E-state index in [1.807, 2.05) is 0 Å². The van der Waals surface area contributed by atoms with Crippen LogP contribution in [0, 0.1) is 0 Å². The summed E-state index contributed by atoms with van der Waals surface area (Å²) in [4.78, 5) is 24.3. The Morgan fingerprint density at radius 2 is 2.20 bits per heavy atom. The summed E-state index contributed by atoms with van der Waals surface area (Å²) in [6, 6.07) is 0. The lowest BCUT2D eigenvalue weighted by Gasteiger charge is -2.07. The Bertz CT molecular complexity index is 444. The van der Waals surface area contributed by atoms with Gasteiger partial charge in [-0.25, -0.2) is 13.6 Å². The molecule has 0 aliphatic carbocycles. The molecule has 0 aromatic carbocycles. The Kier molecular flexibility index (Phi) is 3.57. The summed E-state index contributed by atoms with van der Waals surface area (Å²) in [7, 11) is 1.05. The first kappa shape index (κ1) is 11.8. The van der Waals surface area contributed by atoms with Crippen molar-refractivity contribution < 1.29 is 18.3 Å². The standard InChI is InChI=1S/C8H6BrF2NO3/c1-15-8(14)4-3(9)2-12-7(13)5(4)6(10)11/h2,6H,1H3,(H,12,13). The quantitative estimate of drug-likeness (QED) is 0.842. The fourth-order valence-corrected chi connectivity index (χ4v) is 1.53. The van der Waals surface area contributed by atoms with E-state index in [1.165, 1.54) is 0 Å². The van der Waals surface area contributed by atoms with E-state index >= 15 is 0 Å². The summed E-state index contributed by atoms with van der Waals surface area (Å²) in [5.74, 6) is -0.983. The maximum atomic E-state index is 12.5. The average molecular weight is 282 g/mol. The molecular weight excluding hydrogens is 276 g/mol. The highest BCUT2D eigenvalue weighted by molar-refractivity contribution is 9.10. The molecule has 1 heterocycles. The Morgan fingerprint density at radius 1 is 1.60 bits per heavy atom. The number of nitrogens with one attached hydrogen (secondary N) is 1. The molecule has 82 valence electrons. The number of halogens is 3. The molecule has 0 saturated heterocycles. The van der Waals surface area contributed by atoms with Gasteiger partial charge in [0.25, 0.3) is 12.0 Å². The van der Waals surface area contributed by atoms with E-state index in [-0.39, 0.29) is 4.47 Å². The van der Waals surface area contributed by atoms with Gasteiger partial charge in [-0.05, 0) is 15.9 Å². The molecule has 0 radical (unpaired) electrons. The second-order valence-electron chi connectivity index (χ2n) is 2.55. The summed E-state index contributed by atoms with van der Waals surface area (Å²) in [5.41, 5.74) is -2.35. The molecule has 1 rings (SSSR count). The second kappa shape index (κ2) is 4.52. The van der Waals surface area contributed by atoms with Crippen molar-refractivity contribution in [1.29, 1.82) is 0 Å². The number of ether oxygens (including phenoxy) is 1. The summed E-state index contributed by atoms with van der Waals surface area (Å²) < 4.78 is 29.4. The van der Waals surface area contributed by atoms with E-state index in [1.54, 1.807) is 0 Å². The number of alkyl halides is 2. The Hall–Kier alpha value is -1.24. The number of methoxy groups -OCH3 is 1. The van der Waals surface area contributed by atoms with E-state index in [9.17, 15) is 18.4 Å². The third kappa shape index (κ3) is 2.23. The van der Waals surface area contributed by atoms with Gasteiger partial charge in [-0.3, -0.25) is 4.79 Å². The van der Waals surface area contributed by atoms with E-state index < -0.39 is 29.1 Å². The molecule has 1 N–H and O–H groups in total. The number of carbonyl (C=O) groups is 1. The molecule has 0 aliphatic heterocycles. The third-order valence-electron chi connectivity index (χ3n) is 1.69. The predicted molar refractivity (Wildman–Crippen MR) is 51.1 cm³/mol. The highest BCUT2D eigenvalue weighted by atomic mass is 79.9. The normalized spacial score (nSPS) is 10.5. The van der Waals surface area contributed by atoms with Crippen LogP contribution in [0.5, 0.6) is 0 Å². The molecule has 0 bridgehead atoms. The summed E-state index contributed by atoms with van der Waals surface area (Å²) in [6.07, 6.45) is -1.93. The van der Waals surface area contributed by atoms with E-state index in [0.717, 1.165) is 13.3 Å². The van der Waals surface area contributed by atoms with Crippen molar-refractivity contribution in [2.45, 2.75) is 6.43 Å². The monoisotopic (exact) mass is 281 g/mol. The van der Waals surface area contributed by atoms with Gasteiger partial charge in [0.05, 0.1) is 18.2 Å². The first-order chi connectivity index (χ1) is 6.99. The number of aromatic amines is 1. The molecule has 1 aromatic rings. The summed E-state index contributed by atoms with van der Waals surface area (Å²) >= 11 is 2.89. The van der Waals surface area contributed by atoms with Gasteiger partial charge in [-0.2, -0.15) is 0 Å². The van der Waals surface area contributed by atoms with Crippen LogP contribution in [0.3, 0.4) is 0 Å². The molecule has 0 aliphatic rings. The van der Waals surface area contributed by atoms with Crippen LogP contribution in [-0.2, 0) is 4.74 Å². The molecule has 0 fully saturated rings. The minimum atomic E-state index is -3.04. The number of rotatable bonds is 2. The highest BCUT2D eigenvalue weighted by Gasteiger charge is 2.25. The van der Waals surface area contributed by atoms with Gasteiger partial charge in [-0.1, -0.05) is 0 Å². The smallest absolute Gasteiger partial charge is 0.339 e. The number of hydrogen-bond acceptors (Lipinski definition) is 3. The molecule has 7 heteroatoms. The van der Waals surface area contributed by atoms with Crippen LogP contribution in [-0.4, -0.2) is 18.1 Å². The zero-order valence-electron chi connectivity index (χ0n) is 7.51. The van der Waals surface area contributed by atoms with Gasteiger partial charge in [0, 0.05) is 10.7 Å². The minimum absolute atomic E-state index is 0.0595. The number of H-pyrrole nitrogens is 1. The van der Waals surface area contributed by atoms with Crippen LogP contribution in [0.4, 0.5) is 8.78 Å². The highest BCUT2D eigenvalue weighted by Crippen LogP contribution is 2.25. The SMILES string of the molecule is COC(=O)c1c(Br)c[nH]c(=O)c1C(F)F. The number of carbonyl (C=O) groups excluding carboxylic acids is 1. The van der Waals surface area contributed by atoms with Crippen LogP contribution < -0.4 is 5.56 Å². The number of hydrogen-bond donors (Lipinski definition) is 1. The molecule has 4 nitrogen and oxygen atoms in total. The average Bonchev–Trinajstić information content (AvgIpc) is 2.19. The maximum absolute atomic E-state index is 12.5. The van der Waals surface area contributed by atoms with Crippen molar-refractivity contribution in [3.8, 4) is 0 Å². The Morgan fingerprint density at radius 3 is 2.67 bits per heavy atom.